The van der Waals surface area contributed by atoms with Crippen LogP contribution in [0, 0.1) is 0 Å². The molecule has 2 heterocycles. The summed E-state index contributed by atoms with van der Waals surface area (Å²) in [4.78, 5) is 11.4. The highest BCUT2D eigenvalue weighted by atomic mass is 35.5. The Bertz CT molecular complexity index is 208. The van der Waals surface area contributed by atoms with E-state index in [1.54, 1.807) is 0 Å². The number of hydrogen-bond acceptors (Lipinski definition) is 3. The SMILES string of the molecule is Cl.Cl.O=C1CNCCC2(CCCNC2)N1. The van der Waals surface area contributed by atoms with Gasteiger partial charge in [0.25, 0.3) is 0 Å². The van der Waals surface area contributed by atoms with Crippen molar-refractivity contribution < 1.29 is 4.79 Å². The minimum atomic E-state index is 0. The lowest BCUT2D eigenvalue weighted by Gasteiger charge is -2.37. The highest BCUT2D eigenvalue weighted by Crippen LogP contribution is 2.20. The van der Waals surface area contributed by atoms with Crippen molar-refractivity contribution in [2.75, 3.05) is 26.2 Å². The van der Waals surface area contributed by atoms with Gasteiger partial charge in [-0.05, 0) is 32.4 Å². The van der Waals surface area contributed by atoms with Crippen molar-refractivity contribution in [2.24, 2.45) is 0 Å². The standard InChI is InChI=1S/C9H17N3O.2ClH/c13-8-6-10-5-3-9(12-8)2-1-4-11-7-9;;/h10-11H,1-7H2,(H,12,13);2*1H. The zero-order valence-electron chi connectivity index (χ0n) is 8.67. The van der Waals surface area contributed by atoms with Crippen LogP contribution in [0.5, 0.6) is 0 Å². The van der Waals surface area contributed by atoms with Crippen LogP contribution in [0.1, 0.15) is 19.3 Å². The van der Waals surface area contributed by atoms with E-state index in [0.717, 1.165) is 32.5 Å². The molecule has 0 aliphatic carbocycles. The largest absolute Gasteiger partial charge is 0.348 e. The van der Waals surface area contributed by atoms with Crippen molar-refractivity contribution in [3.05, 3.63) is 0 Å². The second kappa shape index (κ2) is 6.53. The molecule has 3 N–H and O–H groups in total. The zero-order valence-corrected chi connectivity index (χ0v) is 10.3. The van der Waals surface area contributed by atoms with Crippen LogP contribution in [0.2, 0.25) is 0 Å². The van der Waals surface area contributed by atoms with Gasteiger partial charge in [0, 0.05) is 6.54 Å². The highest BCUT2D eigenvalue weighted by molar-refractivity contribution is 5.85. The summed E-state index contributed by atoms with van der Waals surface area (Å²) in [5.74, 6) is 0.140. The summed E-state index contributed by atoms with van der Waals surface area (Å²) in [6.45, 7) is 3.44. The predicted octanol–water partition coefficient (Wildman–Crippen LogP) is 0.0617. The minimum absolute atomic E-state index is 0. The van der Waals surface area contributed by atoms with Crippen molar-refractivity contribution in [1.29, 1.82) is 0 Å². The predicted molar refractivity (Wildman–Crippen MR) is 65.0 cm³/mol. The van der Waals surface area contributed by atoms with E-state index >= 15 is 0 Å². The molecule has 2 aliphatic rings. The molecule has 1 unspecified atom stereocenters. The lowest BCUT2D eigenvalue weighted by atomic mass is 9.87. The van der Waals surface area contributed by atoms with Gasteiger partial charge in [-0.3, -0.25) is 4.79 Å². The number of piperidine rings is 1. The van der Waals surface area contributed by atoms with Gasteiger partial charge in [0.15, 0.2) is 0 Å². The third-order valence-electron chi connectivity index (χ3n) is 2.94. The van der Waals surface area contributed by atoms with E-state index in [1.165, 1.54) is 6.42 Å². The monoisotopic (exact) mass is 255 g/mol. The molecule has 0 aromatic rings. The fourth-order valence-corrected chi connectivity index (χ4v) is 2.22. The van der Waals surface area contributed by atoms with Gasteiger partial charge in [-0.1, -0.05) is 0 Å². The molecule has 0 aromatic carbocycles. The molecule has 0 aromatic heterocycles. The summed E-state index contributed by atoms with van der Waals surface area (Å²) in [6.07, 6.45) is 3.33. The lowest BCUT2D eigenvalue weighted by molar-refractivity contribution is -0.121. The number of rotatable bonds is 0. The third-order valence-corrected chi connectivity index (χ3v) is 2.94. The Morgan fingerprint density at radius 3 is 2.53 bits per heavy atom. The summed E-state index contributed by atoms with van der Waals surface area (Å²) in [5, 5.41) is 9.61. The van der Waals surface area contributed by atoms with Crippen molar-refractivity contribution in [3.63, 3.8) is 0 Å². The molecule has 1 amide bonds. The first-order valence-electron chi connectivity index (χ1n) is 5.03. The maximum Gasteiger partial charge on any atom is 0.234 e. The maximum atomic E-state index is 11.4. The van der Waals surface area contributed by atoms with E-state index < -0.39 is 0 Å². The van der Waals surface area contributed by atoms with Gasteiger partial charge < -0.3 is 16.0 Å². The smallest absolute Gasteiger partial charge is 0.234 e. The topological polar surface area (TPSA) is 53.2 Å². The Kier molecular flexibility index (Phi) is 6.52. The first kappa shape index (κ1) is 15.0. The molecule has 2 fully saturated rings. The second-order valence-corrected chi connectivity index (χ2v) is 4.04. The van der Waals surface area contributed by atoms with Crippen LogP contribution in [0.15, 0.2) is 0 Å². The lowest BCUT2D eigenvalue weighted by Crippen LogP contribution is -2.57. The summed E-state index contributed by atoms with van der Waals surface area (Å²) in [5.41, 5.74) is 0.0405. The van der Waals surface area contributed by atoms with Gasteiger partial charge in [-0.2, -0.15) is 0 Å². The van der Waals surface area contributed by atoms with Crippen LogP contribution in [-0.4, -0.2) is 37.6 Å². The van der Waals surface area contributed by atoms with Gasteiger partial charge >= 0.3 is 0 Å². The molecule has 2 saturated heterocycles. The van der Waals surface area contributed by atoms with Gasteiger partial charge in [-0.25, -0.2) is 0 Å². The van der Waals surface area contributed by atoms with E-state index in [2.05, 4.69) is 16.0 Å². The Morgan fingerprint density at radius 2 is 1.87 bits per heavy atom. The molecule has 0 bridgehead atoms. The van der Waals surface area contributed by atoms with Crippen molar-refractivity contribution >= 4 is 30.7 Å². The normalized spacial score (nSPS) is 30.8. The Labute approximate surface area is 103 Å². The van der Waals surface area contributed by atoms with E-state index in [-0.39, 0.29) is 36.3 Å². The Balaban J connectivity index is 0.000000980. The highest BCUT2D eigenvalue weighted by Gasteiger charge is 2.34. The molecule has 1 atom stereocenters. The Hall–Kier alpha value is -0.0300. The molecule has 2 rings (SSSR count). The average molecular weight is 256 g/mol. The van der Waals surface area contributed by atoms with Crippen LogP contribution >= 0.6 is 24.8 Å². The number of amides is 1. The summed E-state index contributed by atoms with van der Waals surface area (Å²) >= 11 is 0. The summed E-state index contributed by atoms with van der Waals surface area (Å²) < 4.78 is 0. The maximum absolute atomic E-state index is 11.4. The van der Waals surface area contributed by atoms with Crippen LogP contribution in [0.25, 0.3) is 0 Å². The van der Waals surface area contributed by atoms with Crippen LogP contribution < -0.4 is 16.0 Å². The first-order chi connectivity index (χ1) is 6.31. The third kappa shape index (κ3) is 3.79. The molecular weight excluding hydrogens is 237 g/mol. The number of nitrogens with one attached hydrogen (secondary N) is 3. The quantitative estimate of drug-likeness (QED) is 0.574. The van der Waals surface area contributed by atoms with Crippen molar-refractivity contribution in [2.45, 2.75) is 24.8 Å². The first-order valence-corrected chi connectivity index (χ1v) is 5.03. The number of carbonyl (C=O) groups excluding carboxylic acids is 1. The fourth-order valence-electron chi connectivity index (χ4n) is 2.22. The molecule has 1 spiro atoms. The molecule has 15 heavy (non-hydrogen) atoms. The van der Waals surface area contributed by atoms with Gasteiger partial charge in [0.05, 0.1) is 12.1 Å². The summed E-state index contributed by atoms with van der Waals surface area (Å²) in [7, 11) is 0. The van der Waals surface area contributed by atoms with E-state index in [9.17, 15) is 4.79 Å². The second-order valence-electron chi connectivity index (χ2n) is 4.04. The van der Waals surface area contributed by atoms with Crippen molar-refractivity contribution in [1.82, 2.24) is 16.0 Å². The van der Waals surface area contributed by atoms with Crippen molar-refractivity contribution in [3.8, 4) is 0 Å². The van der Waals surface area contributed by atoms with Gasteiger partial charge in [0.1, 0.15) is 0 Å². The van der Waals surface area contributed by atoms with E-state index in [0.29, 0.717) is 6.54 Å². The number of carbonyl (C=O) groups is 1. The Morgan fingerprint density at radius 1 is 1.07 bits per heavy atom. The minimum Gasteiger partial charge on any atom is -0.348 e. The molecule has 4 nitrogen and oxygen atoms in total. The zero-order chi connectivity index (χ0) is 9.15. The number of hydrogen-bond donors (Lipinski definition) is 3. The van der Waals surface area contributed by atoms with Gasteiger partial charge in [-0.15, -0.1) is 24.8 Å². The fraction of sp³-hybridized carbons (Fsp3) is 0.889. The molecule has 6 heteroatoms. The molecular formula is C9H19Cl2N3O. The van der Waals surface area contributed by atoms with Crippen LogP contribution in [0.3, 0.4) is 0 Å². The van der Waals surface area contributed by atoms with Gasteiger partial charge in [0.2, 0.25) is 5.91 Å². The van der Waals surface area contributed by atoms with Crippen LogP contribution in [-0.2, 0) is 4.79 Å². The van der Waals surface area contributed by atoms with E-state index in [1.807, 2.05) is 0 Å². The molecule has 90 valence electrons. The number of halogens is 2. The molecule has 0 radical (unpaired) electrons. The average Bonchev–Trinajstić information content (AvgIpc) is 2.29. The molecule has 2 aliphatic heterocycles. The van der Waals surface area contributed by atoms with Crippen LogP contribution in [0.4, 0.5) is 0 Å². The molecule has 0 saturated carbocycles. The summed E-state index contributed by atoms with van der Waals surface area (Å²) in [6, 6.07) is 0. The van der Waals surface area contributed by atoms with E-state index in [4.69, 9.17) is 0 Å².